The molecule has 0 aliphatic carbocycles. The highest BCUT2D eigenvalue weighted by Crippen LogP contribution is 2.13. The van der Waals surface area contributed by atoms with E-state index in [1.807, 2.05) is 56.0 Å². The summed E-state index contributed by atoms with van der Waals surface area (Å²) in [5.74, 6) is 0. The number of hydrogen-bond donors (Lipinski definition) is 1. The van der Waals surface area contributed by atoms with Gasteiger partial charge in [-0.15, -0.1) is 0 Å². The maximum Gasteiger partial charge on any atom is 0.410 e. The van der Waals surface area contributed by atoms with Crippen molar-refractivity contribution in [2.24, 2.45) is 0 Å². The Morgan fingerprint density at radius 1 is 1.24 bits per heavy atom. The molecular weight excluding hydrogens is 264 g/mol. The first-order chi connectivity index (χ1) is 10.3. The number of carbonyl (C=O) groups is 1. The van der Waals surface area contributed by atoms with Crippen LogP contribution in [0.3, 0.4) is 0 Å². The zero-order chi connectivity index (χ0) is 15.5. The lowest BCUT2D eigenvalue weighted by Crippen LogP contribution is -2.46. The summed E-state index contributed by atoms with van der Waals surface area (Å²) < 4.78 is 5.40. The summed E-state index contributed by atoms with van der Waals surface area (Å²) in [6, 6.07) is 10.1. The predicted molar refractivity (Wildman–Crippen MR) is 86.2 cm³/mol. The molecule has 0 atom stereocenters. The van der Waals surface area contributed by atoms with Gasteiger partial charge in [-0.3, -0.25) is 0 Å². The molecule has 1 amide bonds. The Kier molecular flexibility index (Phi) is 8.51. The van der Waals surface area contributed by atoms with Crippen molar-refractivity contribution < 1.29 is 9.53 Å². The summed E-state index contributed by atoms with van der Waals surface area (Å²) in [5.41, 5.74) is 1.03. The van der Waals surface area contributed by atoms with Crippen LogP contribution in [0.2, 0.25) is 0 Å². The molecule has 1 heterocycles. The SMILES string of the molecule is CC.CCN(C(=O)OCc1ccccc1)C1CCNCC1. The number of carbonyl (C=O) groups excluding carboxylic acids is 1. The van der Waals surface area contributed by atoms with E-state index in [0.29, 0.717) is 19.2 Å². The smallest absolute Gasteiger partial charge is 0.410 e. The van der Waals surface area contributed by atoms with Crippen LogP contribution >= 0.6 is 0 Å². The van der Waals surface area contributed by atoms with Crippen molar-refractivity contribution in [1.82, 2.24) is 10.2 Å². The number of nitrogens with zero attached hydrogens (tertiary/aromatic N) is 1. The Balaban J connectivity index is 0.00000106. The maximum absolute atomic E-state index is 12.1. The number of amides is 1. The highest BCUT2D eigenvalue weighted by atomic mass is 16.6. The van der Waals surface area contributed by atoms with Crippen LogP contribution in [0.4, 0.5) is 4.79 Å². The molecule has 1 aliphatic rings. The molecule has 0 unspecified atom stereocenters. The fourth-order valence-corrected chi connectivity index (χ4v) is 2.46. The van der Waals surface area contributed by atoms with Gasteiger partial charge in [0, 0.05) is 12.6 Å². The van der Waals surface area contributed by atoms with E-state index in [4.69, 9.17) is 4.74 Å². The molecule has 1 aromatic rings. The largest absolute Gasteiger partial charge is 0.445 e. The van der Waals surface area contributed by atoms with Crippen LogP contribution in [-0.4, -0.2) is 36.7 Å². The van der Waals surface area contributed by atoms with E-state index in [2.05, 4.69) is 5.32 Å². The topological polar surface area (TPSA) is 41.6 Å². The second-order valence-electron chi connectivity index (χ2n) is 4.81. The van der Waals surface area contributed by atoms with Crippen LogP contribution < -0.4 is 5.32 Å². The average Bonchev–Trinajstić information content (AvgIpc) is 2.57. The van der Waals surface area contributed by atoms with E-state index in [-0.39, 0.29) is 6.09 Å². The number of piperidine rings is 1. The maximum atomic E-state index is 12.1. The zero-order valence-corrected chi connectivity index (χ0v) is 13.5. The molecule has 0 bridgehead atoms. The first-order valence-corrected chi connectivity index (χ1v) is 7.99. The minimum Gasteiger partial charge on any atom is -0.445 e. The minimum atomic E-state index is -0.196. The predicted octanol–water partition coefficient (Wildman–Crippen LogP) is 3.42. The van der Waals surface area contributed by atoms with Gasteiger partial charge in [-0.05, 0) is 38.4 Å². The number of hydrogen-bond acceptors (Lipinski definition) is 3. The first kappa shape index (κ1) is 17.5. The molecule has 21 heavy (non-hydrogen) atoms. The lowest BCUT2D eigenvalue weighted by molar-refractivity contribution is 0.0759. The van der Waals surface area contributed by atoms with Crippen molar-refractivity contribution in [2.45, 2.75) is 46.3 Å². The molecule has 2 rings (SSSR count). The Bertz CT molecular complexity index is 389. The third-order valence-electron chi connectivity index (χ3n) is 3.53. The molecule has 0 aromatic heterocycles. The number of ether oxygens (including phenoxy) is 1. The van der Waals surface area contributed by atoms with Crippen LogP contribution in [0.5, 0.6) is 0 Å². The third-order valence-corrected chi connectivity index (χ3v) is 3.53. The zero-order valence-electron chi connectivity index (χ0n) is 13.5. The van der Waals surface area contributed by atoms with Gasteiger partial charge in [-0.1, -0.05) is 44.2 Å². The summed E-state index contributed by atoms with van der Waals surface area (Å²) in [4.78, 5) is 14.0. The number of nitrogens with one attached hydrogen (secondary N) is 1. The number of benzene rings is 1. The van der Waals surface area contributed by atoms with E-state index >= 15 is 0 Å². The van der Waals surface area contributed by atoms with Crippen LogP contribution in [-0.2, 0) is 11.3 Å². The Hall–Kier alpha value is -1.55. The highest BCUT2D eigenvalue weighted by Gasteiger charge is 2.24. The van der Waals surface area contributed by atoms with E-state index in [0.717, 1.165) is 31.5 Å². The lowest BCUT2D eigenvalue weighted by atomic mass is 10.1. The molecule has 0 saturated carbocycles. The minimum absolute atomic E-state index is 0.196. The number of rotatable bonds is 4. The van der Waals surface area contributed by atoms with Crippen molar-refractivity contribution in [3.63, 3.8) is 0 Å². The molecule has 1 N–H and O–H groups in total. The molecule has 1 aliphatic heterocycles. The fraction of sp³-hybridized carbons (Fsp3) is 0.588. The van der Waals surface area contributed by atoms with Gasteiger partial charge in [-0.25, -0.2) is 4.79 Å². The van der Waals surface area contributed by atoms with Crippen molar-refractivity contribution in [3.8, 4) is 0 Å². The highest BCUT2D eigenvalue weighted by molar-refractivity contribution is 5.68. The summed E-state index contributed by atoms with van der Waals surface area (Å²) in [6.07, 6.45) is 1.82. The van der Waals surface area contributed by atoms with E-state index < -0.39 is 0 Å². The normalized spacial score (nSPS) is 14.8. The van der Waals surface area contributed by atoms with Crippen molar-refractivity contribution in [1.29, 1.82) is 0 Å². The van der Waals surface area contributed by atoms with Gasteiger partial charge in [0.2, 0.25) is 0 Å². The Morgan fingerprint density at radius 2 is 1.86 bits per heavy atom. The van der Waals surface area contributed by atoms with Gasteiger partial charge in [0.15, 0.2) is 0 Å². The molecule has 1 fully saturated rings. The fourth-order valence-electron chi connectivity index (χ4n) is 2.46. The molecule has 0 radical (unpaired) electrons. The van der Waals surface area contributed by atoms with Gasteiger partial charge < -0.3 is 15.0 Å². The molecule has 118 valence electrons. The molecule has 4 heteroatoms. The Labute approximate surface area is 128 Å². The van der Waals surface area contributed by atoms with Crippen LogP contribution in [0.15, 0.2) is 30.3 Å². The summed E-state index contributed by atoms with van der Waals surface area (Å²) in [6.45, 7) is 9.02. The monoisotopic (exact) mass is 292 g/mol. The Morgan fingerprint density at radius 3 is 2.43 bits per heavy atom. The van der Waals surface area contributed by atoms with Crippen molar-refractivity contribution in [3.05, 3.63) is 35.9 Å². The molecular formula is C17H28N2O2. The van der Waals surface area contributed by atoms with E-state index in [9.17, 15) is 4.79 Å². The van der Waals surface area contributed by atoms with Gasteiger partial charge >= 0.3 is 6.09 Å². The van der Waals surface area contributed by atoms with Gasteiger partial charge in [0.1, 0.15) is 6.61 Å². The quantitative estimate of drug-likeness (QED) is 0.924. The first-order valence-electron chi connectivity index (χ1n) is 7.99. The lowest BCUT2D eigenvalue weighted by Gasteiger charge is -2.33. The summed E-state index contributed by atoms with van der Waals surface area (Å²) >= 11 is 0. The summed E-state index contributed by atoms with van der Waals surface area (Å²) in [7, 11) is 0. The molecule has 1 aromatic carbocycles. The third kappa shape index (κ3) is 5.76. The van der Waals surface area contributed by atoms with Crippen LogP contribution in [0, 0.1) is 0 Å². The standard InChI is InChI=1S/C15H22N2O2.C2H6/c1-2-17(14-8-10-16-11-9-14)15(18)19-12-13-6-4-3-5-7-13;1-2/h3-7,14,16H,2,8-12H2,1H3;1-2H3. The van der Waals surface area contributed by atoms with Gasteiger partial charge in [0.05, 0.1) is 0 Å². The van der Waals surface area contributed by atoms with E-state index in [1.165, 1.54) is 0 Å². The average molecular weight is 292 g/mol. The van der Waals surface area contributed by atoms with Crippen LogP contribution in [0.1, 0.15) is 39.2 Å². The van der Waals surface area contributed by atoms with Crippen molar-refractivity contribution in [2.75, 3.05) is 19.6 Å². The molecule has 4 nitrogen and oxygen atoms in total. The second kappa shape index (κ2) is 10.2. The molecule has 1 saturated heterocycles. The van der Waals surface area contributed by atoms with Crippen LogP contribution in [0.25, 0.3) is 0 Å². The van der Waals surface area contributed by atoms with Gasteiger partial charge in [0.25, 0.3) is 0 Å². The summed E-state index contributed by atoms with van der Waals surface area (Å²) in [5, 5.41) is 3.31. The molecule has 0 spiro atoms. The second-order valence-corrected chi connectivity index (χ2v) is 4.81. The van der Waals surface area contributed by atoms with Gasteiger partial charge in [-0.2, -0.15) is 0 Å². The van der Waals surface area contributed by atoms with Crippen molar-refractivity contribution >= 4 is 6.09 Å². The van der Waals surface area contributed by atoms with E-state index in [1.54, 1.807) is 0 Å².